The van der Waals surface area contributed by atoms with E-state index in [4.69, 9.17) is 5.11 Å². The Morgan fingerprint density at radius 2 is 2.30 bits per heavy atom. The van der Waals surface area contributed by atoms with E-state index in [0.29, 0.717) is 6.54 Å². The predicted molar refractivity (Wildman–Crippen MR) is 35.7 cm³/mol. The van der Waals surface area contributed by atoms with Gasteiger partial charge in [-0.05, 0) is 18.3 Å². The van der Waals surface area contributed by atoms with Gasteiger partial charge in [0.05, 0.1) is 5.92 Å². The molecule has 2 rings (SSSR count). The monoisotopic (exact) mass is 141 g/mol. The Labute approximate surface area is 59.4 Å². The summed E-state index contributed by atoms with van der Waals surface area (Å²) >= 11 is 0. The number of carbonyl (C=O) groups is 1. The minimum absolute atomic E-state index is 0.104. The molecule has 3 heteroatoms. The van der Waals surface area contributed by atoms with Crippen LogP contribution in [0.2, 0.25) is 0 Å². The van der Waals surface area contributed by atoms with Gasteiger partial charge < -0.3 is 10.4 Å². The third kappa shape index (κ3) is 0.669. The molecule has 3 nitrogen and oxygen atoms in total. The molecule has 0 bridgehead atoms. The number of hydrogen-bond donors (Lipinski definition) is 2. The maximum Gasteiger partial charge on any atom is 0.308 e. The van der Waals surface area contributed by atoms with E-state index in [0.717, 1.165) is 19.4 Å². The molecule has 2 fully saturated rings. The van der Waals surface area contributed by atoms with Gasteiger partial charge >= 0.3 is 5.97 Å². The number of carboxylic acids is 1. The molecule has 0 aromatic heterocycles. The summed E-state index contributed by atoms with van der Waals surface area (Å²) < 4.78 is 0. The molecule has 56 valence electrons. The van der Waals surface area contributed by atoms with E-state index in [9.17, 15) is 4.79 Å². The molecule has 0 radical (unpaired) electrons. The highest BCUT2D eigenvalue weighted by atomic mass is 16.4. The van der Waals surface area contributed by atoms with Crippen LogP contribution in [0.4, 0.5) is 0 Å². The van der Waals surface area contributed by atoms with Crippen molar-refractivity contribution in [2.75, 3.05) is 13.1 Å². The van der Waals surface area contributed by atoms with Crippen molar-refractivity contribution in [2.24, 2.45) is 11.3 Å². The molecule has 0 aromatic rings. The summed E-state index contributed by atoms with van der Waals surface area (Å²) in [5.74, 6) is -0.727. The fraction of sp³-hybridized carbons (Fsp3) is 0.857. The third-order valence-corrected chi connectivity index (χ3v) is 2.76. The van der Waals surface area contributed by atoms with Crippen molar-refractivity contribution in [1.29, 1.82) is 0 Å². The second-order valence-corrected chi connectivity index (χ2v) is 3.38. The molecule has 1 saturated heterocycles. The molecule has 2 aliphatic rings. The average Bonchev–Trinajstić information content (AvgIpc) is 2.42. The molecular weight excluding hydrogens is 130 g/mol. The zero-order chi connectivity index (χ0) is 7.19. The quantitative estimate of drug-likeness (QED) is 0.543. The number of carboxylic acid groups (broad SMARTS) is 1. The molecule has 10 heavy (non-hydrogen) atoms. The Morgan fingerprint density at radius 3 is 2.70 bits per heavy atom. The third-order valence-electron chi connectivity index (χ3n) is 2.76. The summed E-state index contributed by atoms with van der Waals surface area (Å²) in [5, 5.41) is 11.9. The zero-order valence-corrected chi connectivity index (χ0v) is 5.76. The van der Waals surface area contributed by atoms with Crippen molar-refractivity contribution in [1.82, 2.24) is 5.32 Å². The summed E-state index contributed by atoms with van der Waals surface area (Å²) in [4.78, 5) is 10.6. The molecule has 0 unspecified atom stereocenters. The highest BCUT2D eigenvalue weighted by Crippen LogP contribution is 2.53. The lowest BCUT2D eigenvalue weighted by Crippen LogP contribution is -2.22. The van der Waals surface area contributed by atoms with Crippen LogP contribution in [0.15, 0.2) is 0 Å². The van der Waals surface area contributed by atoms with Crippen molar-refractivity contribution in [3.63, 3.8) is 0 Å². The van der Waals surface area contributed by atoms with Gasteiger partial charge in [0.15, 0.2) is 0 Å². The van der Waals surface area contributed by atoms with Crippen LogP contribution in [0.5, 0.6) is 0 Å². The molecule has 0 aromatic carbocycles. The topological polar surface area (TPSA) is 49.3 Å². The molecular formula is C7H11NO2. The van der Waals surface area contributed by atoms with E-state index < -0.39 is 5.97 Å². The number of aliphatic carboxylic acids is 1. The Kier molecular flexibility index (Phi) is 1.06. The van der Waals surface area contributed by atoms with Gasteiger partial charge in [-0.2, -0.15) is 0 Å². The summed E-state index contributed by atoms with van der Waals surface area (Å²) in [6.07, 6.45) is 2.22. The zero-order valence-electron chi connectivity index (χ0n) is 5.76. The van der Waals surface area contributed by atoms with E-state index in [-0.39, 0.29) is 11.3 Å². The van der Waals surface area contributed by atoms with Gasteiger partial charge in [-0.1, -0.05) is 0 Å². The van der Waals surface area contributed by atoms with E-state index in [2.05, 4.69) is 5.32 Å². The molecule has 1 spiro atoms. The van der Waals surface area contributed by atoms with Crippen LogP contribution >= 0.6 is 0 Å². The van der Waals surface area contributed by atoms with Crippen molar-refractivity contribution < 1.29 is 9.90 Å². The molecule has 1 atom stereocenters. The average molecular weight is 141 g/mol. The van der Waals surface area contributed by atoms with E-state index >= 15 is 0 Å². The van der Waals surface area contributed by atoms with Crippen LogP contribution in [0, 0.1) is 11.3 Å². The summed E-state index contributed by atoms with van der Waals surface area (Å²) in [6, 6.07) is 0. The van der Waals surface area contributed by atoms with Gasteiger partial charge in [0.1, 0.15) is 0 Å². The Morgan fingerprint density at radius 1 is 1.60 bits per heavy atom. The Bertz CT molecular complexity index is 174. The van der Waals surface area contributed by atoms with Crippen LogP contribution in [0.1, 0.15) is 12.8 Å². The molecule has 1 aliphatic heterocycles. The minimum Gasteiger partial charge on any atom is -0.481 e. The molecule has 1 heterocycles. The van der Waals surface area contributed by atoms with Crippen LogP contribution < -0.4 is 5.32 Å². The summed E-state index contributed by atoms with van der Waals surface area (Å²) in [6.45, 7) is 1.60. The van der Waals surface area contributed by atoms with Crippen LogP contribution in [-0.4, -0.2) is 24.2 Å². The maximum atomic E-state index is 10.6. The molecule has 2 N–H and O–H groups in total. The van der Waals surface area contributed by atoms with Gasteiger partial charge in [-0.25, -0.2) is 0 Å². The van der Waals surface area contributed by atoms with Gasteiger partial charge in [-0.3, -0.25) is 4.79 Å². The number of nitrogens with one attached hydrogen (secondary N) is 1. The first-order valence-corrected chi connectivity index (χ1v) is 3.68. The highest BCUT2D eigenvalue weighted by Gasteiger charge is 2.55. The molecule has 1 saturated carbocycles. The number of hydrogen-bond acceptors (Lipinski definition) is 2. The van der Waals surface area contributed by atoms with Crippen LogP contribution in [0.3, 0.4) is 0 Å². The lowest BCUT2D eigenvalue weighted by molar-refractivity contribution is -0.142. The number of rotatable bonds is 1. The fourth-order valence-electron chi connectivity index (χ4n) is 1.84. The first kappa shape index (κ1) is 6.16. The largest absolute Gasteiger partial charge is 0.481 e. The second-order valence-electron chi connectivity index (χ2n) is 3.38. The first-order chi connectivity index (χ1) is 4.75. The van der Waals surface area contributed by atoms with Gasteiger partial charge in [0.2, 0.25) is 0 Å². The van der Waals surface area contributed by atoms with Crippen LogP contribution in [-0.2, 0) is 4.79 Å². The molecule has 0 amide bonds. The smallest absolute Gasteiger partial charge is 0.308 e. The van der Waals surface area contributed by atoms with E-state index in [1.165, 1.54) is 0 Å². The fourth-order valence-corrected chi connectivity index (χ4v) is 1.84. The lowest BCUT2D eigenvalue weighted by Gasteiger charge is -2.10. The summed E-state index contributed by atoms with van der Waals surface area (Å²) in [5.41, 5.74) is 0.172. The predicted octanol–water partition coefficient (Wildman–Crippen LogP) is 0.0706. The van der Waals surface area contributed by atoms with E-state index in [1.54, 1.807) is 0 Å². The normalized spacial score (nSPS) is 34.6. The van der Waals surface area contributed by atoms with Gasteiger partial charge in [0.25, 0.3) is 0 Å². The van der Waals surface area contributed by atoms with Gasteiger partial charge in [0, 0.05) is 13.1 Å². The maximum absolute atomic E-state index is 10.6. The van der Waals surface area contributed by atoms with Crippen molar-refractivity contribution >= 4 is 5.97 Å². The Hall–Kier alpha value is -0.570. The second kappa shape index (κ2) is 1.72. The highest BCUT2D eigenvalue weighted by molar-refractivity contribution is 5.72. The summed E-state index contributed by atoms with van der Waals surface area (Å²) in [7, 11) is 0. The van der Waals surface area contributed by atoms with Crippen LogP contribution in [0.25, 0.3) is 0 Å². The van der Waals surface area contributed by atoms with Crippen molar-refractivity contribution in [2.45, 2.75) is 12.8 Å². The molecule has 1 aliphatic carbocycles. The first-order valence-electron chi connectivity index (χ1n) is 3.68. The minimum atomic E-state index is -0.623. The SMILES string of the molecule is O=C(O)[C@H]1CNCC12CC2. The van der Waals surface area contributed by atoms with E-state index in [1.807, 2.05) is 0 Å². The van der Waals surface area contributed by atoms with Gasteiger partial charge in [-0.15, -0.1) is 0 Å². The van der Waals surface area contributed by atoms with Crippen molar-refractivity contribution in [3.8, 4) is 0 Å². The Balaban J connectivity index is 2.14. The standard InChI is InChI=1S/C7H11NO2/c9-6(10)5-3-8-4-7(5)1-2-7/h5,8H,1-4H2,(H,9,10)/t5-/m1/s1. The lowest BCUT2D eigenvalue weighted by atomic mass is 9.93. The van der Waals surface area contributed by atoms with Crippen molar-refractivity contribution in [3.05, 3.63) is 0 Å².